The van der Waals surface area contributed by atoms with Crippen molar-refractivity contribution >= 4 is 51.8 Å². The van der Waals surface area contributed by atoms with E-state index in [1.165, 1.54) is 29.2 Å². The third-order valence-corrected chi connectivity index (χ3v) is 6.06. The van der Waals surface area contributed by atoms with E-state index in [2.05, 4.69) is 20.8 Å². The summed E-state index contributed by atoms with van der Waals surface area (Å²) < 4.78 is 11.2. The molecule has 2 aromatic carbocycles. The number of thioether (sulfide) groups is 1. The molecule has 2 N–H and O–H groups in total. The Bertz CT molecular complexity index is 1150. The molecule has 2 amide bonds. The van der Waals surface area contributed by atoms with Crippen molar-refractivity contribution in [2.75, 3.05) is 23.2 Å². The van der Waals surface area contributed by atoms with Crippen LogP contribution in [0.3, 0.4) is 0 Å². The molecule has 8 nitrogen and oxygen atoms in total. The van der Waals surface area contributed by atoms with E-state index >= 15 is 0 Å². The van der Waals surface area contributed by atoms with Crippen molar-refractivity contribution in [3.63, 3.8) is 0 Å². The molecule has 3 aromatic rings. The summed E-state index contributed by atoms with van der Waals surface area (Å²) in [6.07, 6.45) is 3.07. The van der Waals surface area contributed by atoms with Crippen LogP contribution in [0.2, 0.25) is 0 Å². The Morgan fingerprint density at radius 1 is 1.13 bits per heavy atom. The number of carbonyl (C=O) groups is 2. The zero-order valence-electron chi connectivity index (χ0n) is 16.5. The Morgan fingerprint density at radius 2 is 2.00 bits per heavy atom. The molecule has 0 radical (unpaired) electrons. The van der Waals surface area contributed by atoms with Crippen LogP contribution in [0.25, 0.3) is 6.08 Å². The molecule has 1 aromatic heterocycles. The van der Waals surface area contributed by atoms with E-state index in [-0.39, 0.29) is 24.4 Å². The molecular weight excluding hydrogens is 436 g/mol. The molecule has 1 aliphatic rings. The van der Waals surface area contributed by atoms with Crippen LogP contribution < -0.4 is 20.1 Å². The molecule has 2 heterocycles. The predicted octanol–water partition coefficient (Wildman–Crippen LogP) is 3.96. The number of carbonyl (C=O) groups excluding carboxylic acids is 2. The van der Waals surface area contributed by atoms with E-state index in [0.717, 1.165) is 16.8 Å². The molecule has 1 aliphatic heterocycles. The van der Waals surface area contributed by atoms with Crippen molar-refractivity contribution in [1.29, 1.82) is 0 Å². The highest BCUT2D eigenvalue weighted by molar-refractivity contribution is 8.01. The van der Waals surface area contributed by atoms with Gasteiger partial charge in [0.2, 0.25) is 23.7 Å². The smallest absolute Gasteiger partial charge is 0.250 e. The molecule has 0 unspecified atom stereocenters. The van der Waals surface area contributed by atoms with Gasteiger partial charge in [0.05, 0.1) is 5.75 Å². The predicted molar refractivity (Wildman–Crippen MR) is 121 cm³/mol. The molecule has 0 atom stereocenters. The van der Waals surface area contributed by atoms with Crippen LogP contribution in [0.1, 0.15) is 11.1 Å². The number of anilines is 2. The van der Waals surface area contributed by atoms with Gasteiger partial charge in [-0.3, -0.25) is 14.9 Å². The normalized spacial score (nSPS) is 12.2. The number of benzene rings is 2. The first-order valence-electron chi connectivity index (χ1n) is 9.27. The van der Waals surface area contributed by atoms with Crippen LogP contribution in [0.5, 0.6) is 11.5 Å². The molecular formula is C21H18N4O4S2. The highest BCUT2D eigenvalue weighted by Crippen LogP contribution is 2.32. The Kier molecular flexibility index (Phi) is 6.48. The molecule has 158 valence electrons. The number of nitrogens with zero attached hydrogens (tertiary/aromatic N) is 2. The van der Waals surface area contributed by atoms with Crippen molar-refractivity contribution in [2.24, 2.45) is 0 Å². The number of aromatic nitrogens is 2. The van der Waals surface area contributed by atoms with E-state index < -0.39 is 0 Å². The second-order valence-corrected chi connectivity index (χ2v) is 8.71. The van der Waals surface area contributed by atoms with E-state index in [0.29, 0.717) is 21.0 Å². The topological polar surface area (TPSA) is 102 Å². The first-order valence-corrected chi connectivity index (χ1v) is 11.1. The van der Waals surface area contributed by atoms with E-state index in [4.69, 9.17) is 9.47 Å². The van der Waals surface area contributed by atoms with Crippen LogP contribution in [-0.4, -0.2) is 34.6 Å². The first kappa shape index (κ1) is 20.9. The summed E-state index contributed by atoms with van der Waals surface area (Å²) in [5.41, 5.74) is 2.64. The van der Waals surface area contributed by atoms with Gasteiger partial charge in [0.15, 0.2) is 15.8 Å². The van der Waals surface area contributed by atoms with Gasteiger partial charge in [0.25, 0.3) is 0 Å². The fourth-order valence-electron chi connectivity index (χ4n) is 2.70. The molecule has 0 bridgehead atoms. The monoisotopic (exact) mass is 454 g/mol. The van der Waals surface area contributed by atoms with E-state index in [1.807, 2.05) is 37.3 Å². The zero-order chi connectivity index (χ0) is 21.6. The van der Waals surface area contributed by atoms with Crippen molar-refractivity contribution in [2.45, 2.75) is 11.3 Å². The SMILES string of the molecule is Cc1cccc(NC(=O)CSc2nnc(NC(=O)/C=C\c3ccc4c(c3)OCO4)s2)c1. The maximum absolute atomic E-state index is 12.1. The number of nitrogens with one attached hydrogen (secondary N) is 2. The van der Waals surface area contributed by atoms with Crippen molar-refractivity contribution in [3.8, 4) is 11.5 Å². The standard InChI is InChI=1S/C21H18N4O4S2/c1-13-3-2-4-15(9-13)22-19(27)11-30-21-25-24-20(31-21)23-18(26)8-6-14-5-7-16-17(10-14)29-12-28-16/h2-10H,11-12H2,1H3,(H,22,27)(H,23,24,26)/b8-6-. The van der Waals surface area contributed by atoms with Gasteiger partial charge in [-0.1, -0.05) is 41.3 Å². The van der Waals surface area contributed by atoms with Gasteiger partial charge in [-0.25, -0.2) is 0 Å². The number of aryl methyl sites for hydroxylation is 1. The highest BCUT2D eigenvalue weighted by Gasteiger charge is 2.13. The molecule has 0 saturated heterocycles. The fourth-order valence-corrected chi connectivity index (χ4v) is 4.26. The van der Waals surface area contributed by atoms with Gasteiger partial charge < -0.3 is 14.8 Å². The lowest BCUT2D eigenvalue weighted by molar-refractivity contribution is -0.114. The first-order chi connectivity index (χ1) is 15.0. The number of ether oxygens (including phenoxy) is 2. The lowest BCUT2D eigenvalue weighted by Crippen LogP contribution is -2.13. The Labute approximate surface area is 186 Å². The average Bonchev–Trinajstić information content (AvgIpc) is 3.39. The van der Waals surface area contributed by atoms with Gasteiger partial charge in [-0.2, -0.15) is 0 Å². The van der Waals surface area contributed by atoms with Crippen LogP contribution in [0.4, 0.5) is 10.8 Å². The van der Waals surface area contributed by atoms with Gasteiger partial charge >= 0.3 is 0 Å². The molecule has 4 rings (SSSR count). The highest BCUT2D eigenvalue weighted by atomic mass is 32.2. The Morgan fingerprint density at radius 3 is 2.87 bits per heavy atom. The van der Waals surface area contributed by atoms with Crippen LogP contribution in [0.15, 0.2) is 52.9 Å². The minimum Gasteiger partial charge on any atom is -0.454 e. The third-order valence-electron chi connectivity index (χ3n) is 4.09. The van der Waals surface area contributed by atoms with Gasteiger partial charge in [0, 0.05) is 11.8 Å². The van der Waals surface area contributed by atoms with Crippen molar-refractivity contribution in [3.05, 3.63) is 59.7 Å². The molecule has 31 heavy (non-hydrogen) atoms. The second-order valence-electron chi connectivity index (χ2n) is 6.51. The zero-order valence-corrected chi connectivity index (χ0v) is 18.1. The Hall–Kier alpha value is -3.37. The Balaban J connectivity index is 1.25. The minimum atomic E-state index is -0.331. The summed E-state index contributed by atoms with van der Waals surface area (Å²) in [6, 6.07) is 13.0. The van der Waals surface area contributed by atoms with Crippen molar-refractivity contribution < 1.29 is 19.1 Å². The number of hydrogen-bond acceptors (Lipinski definition) is 8. The average molecular weight is 455 g/mol. The fraction of sp³-hybridized carbons (Fsp3) is 0.143. The van der Waals surface area contributed by atoms with Crippen LogP contribution in [-0.2, 0) is 9.59 Å². The number of hydrogen-bond donors (Lipinski definition) is 2. The summed E-state index contributed by atoms with van der Waals surface area (Å²) in [5, 5.41) is 13.8. The van der Waals surface area contributed by atoms with Crippen LogP contribution in [0, 0.1) is 6.92 Å². The van der Waals surface area contributed by atoms with Crippen molar-refractivity contribution in [1.82, 2.24) is 10.2 Å². The maximum atomic E-state index is 12.1. The second kappa shape index (κ2) is 9.63. The van der Waals surface area contributed by atoms with Gasteiger partial charge in [-0.05, 0) is 48.4 Å². The lowest BCUT2D eigenvalue weighted by atomic mass is 10.2. The quantitative estimate of drug-likeness (QED) is 0.316. The summed E-state index contributed by atoms with van der Waals surface area (Å²) in [6.45, 7) is 2.17. The largest absolute Gasteiger partial charge is 0.454 e. The van der Waals surface area contributed by atoms with Crippen LogP contribution >= 0.6 is 23.1 Å². The number of fused-ring (bicyclic) bond motifs is 1. The molecule has 0 fully saturated rings. The number of amides is 2. The summed E-state index contributed by atoms with van der Waals surface area (Å²) in [5.74, 6) is 1.07. The molecule has 10 heteroatoms. The summed E-state index contributed by atoms with van der Waals surface area (Å²) in [4.78, 5) is 24.2. The van der Waals surface area contributed by atoms with Gasteiger partial charge in [-0.15, -0.1) is 10.2 Å². The summed E-state index contributed by atoms with van der Waals surface area (Å²) >= 11 is 2.47. The molecule has 0 aliphatic carbocycles. The van der Waals surface area contributed by atoms with Gasteiger partial charge in [0.1, 0.15) is 0 Å². The maximum Gasteiger partial charge on any atom is 0.250 e. The lowest BCUT2D eigenvalue weighted by Gasteiger charge is -2.04. The minimum absolute atomic E-state index is 0.136. The third kappa shape index (κ3) is 5.83. The van der Waals surface area contributed by atoms with E-state index in [1.54, 1.807) is 18.2 Å². The molecule has 0 saturated carbocycles. The molecule has 0 spiro atoms. The summed E-state index contributed by atoms with van der Waals surface area (Å²) in [7, 11) is 0. The number of rotatable bonds is 7. The van der Waals surface area contributed by atoms with E-state index in [9.17, 15) is 9.59 Å².